The third-order valence-corrected chi connectivity index (χ3v) is 4.26. The molecule has 2 aromatic rings. The molecule has 0 N–H and O–H groups in total. The van der Waals surface area contributed by atoms with E-state index in [1.54, 1.807) is 36.4 Å². The van der Waals surface area contributed by atoms with E-state index in [4.69, 9.17) is 19.6 Å². The molecule has 0 atom stereocenters. The van der Waals surface area contributed by atoms with E-state index in [2.05, 4.69) is 6.92 Å². The molecule has 0 amide bonds. The van der Waals surface area contributed by atoms with Gasteiger partial charge in [-0.05, 0) is 44.5 Å². The summed E-state index contributed by atoms with van der Waals surface area (Å²) in [5, 5.41) is 0. The van der Waals surface area contributed by atoms with Crippen LogP contribution in [0.15, 0.2) is 48.5 Å². The van der Waals surface area contributed by atoms with Crippen molar-refractivity contribution in [2.24, 2.45) is 0 Å². The van der Waals surface area contributed by atoms with Gasteiger partial charge in [0, 0.05) is 6.42 Å². The van der Waals surface area contributed by atoms with Crippen LogP contribution in [0.4, 0.5) is 0 Å². The van der Waals surface area contributed by atoms with Crippen molar-refractivity contribution in [3.63, 3.8) is 0 Å². The Balaban J connectivity index is 1.91. The maximum atomic E-state index is 12.2. The van der Waals surface area contributed by atoms with Gasteiger partial charge in [0.1, 0.15) is 0 Å². The number of unbranched alkanes of at least 4 members (excludes halogenated alkanes) is 3. The molecule has 29 heavy (non-hydrogen) atoms. The van der Waals surface area contributed by atoms with Crippen LogP contribution in [0.25, 0.3) is 0 Å². The van der Waals surface area contributed by atoms with Crippen LogP contribution in [-0.2, 0) is 19.6 Å². The van der Waals surface area contributed by atoms with Crippen LogP contribution in [0.2, 0.25) is 0 Å². The molecule has 0 saturated heterocycles. The summed E-state index contributed by atoms with van der Waals surface area (Å²) >= 11 is 0. The molecule has 156 valence electrons. The molecule has 0 bridgehead atoms. The van der Waals surface area contributed by atoms with Gasteiger partial charge in [-0.2, -0.15) is 0 Å². The van der Waals surface area contributed by atoms with Crippen molar-refractivity contribution in [2.45, 2.75) is 59.2 Å². The molecule has 2 aromatic carbocycles. The number of aryl methyl sites for hydroxylation is 2. The highest BCUT2D eigenvalue weighted by Gasteiger charge is 2.19. The molecule has 0 spiro atoms. The van der Waals surface area contributed by atoms with Crippen molar-refractivity contribution >= 4 is 11.9 Å². The van der Waals surface area contributed by atoms with Crippen LogP contribution in [0.3, 0.4) is 0 Å². The Hall–Kier alpha value is -2.70. The molecule has 0 fully saturated rings. The lowest BCUT2D eigenvalue weighted by molar-refractivity contribution is -0.421. The molecule has 2 rings (SSSR count). The Labute approximate surface area is 171 Å². The van der Waals surface area contributed by atoms with Crippen LogP contribution in [0.1, 0.15) is 70.9 Å². The van der Waals surface area contributed by atoms with Crippen molar-refractivity contribution in [2.75, 3.05) is 0 Å². The lowest BCUT2D eigenvalue weighted by Gasteiger charge is -2.15. The molecule has 0 unspecified atom stereocenters. The quantitative estimate of drug-likeness (QED) is 0.215. The summed E-state index contributed by atoms with van der Waals surface area (Å²) in [7, 11) is 0. The van der Waals surface area contributed by atoms with E-state index in [9.17, 15) is 9.59 Å². The van der Waals surface area contributed by atoms with E-state index >= 15 is 0 Å². The molecule has 0 radical (unpaired) electrons. The highest BCUT2D eigenvalue weighted by atomic mass is 17.3. The summed E-state index contributed by atoms with van der Waals surface area (Å²) in [6.45, 7) is 5.86. The van der Waals surface area contributed by atoms with Crippen LogP contribution in [0, 0.1) is 13.8 Å². The fourth-order valence-corrected chi connectivity index (χ4v) is 2.69. The number of benzene rings is 2. The fourth-order valence-electron chi connectivity index (χ4n) is 2.69. The largest absolute Gasteiger partial charge is 0.373 e. The number of hydrogen-bond donors (Lipinski definition) is 0. The highest BCUT2D eigenvalue weighted by molar-refractivity contribution is 5.89. The normalized spacial score (nSPS) is 10.8. The predicted molar refractivity (Wildman–Crippen MR) is 108 cm³/mol. The molecule has 0 aromatic heterocycles. The second-order valence-corrected chi connectivity index (χ2v) is 6.95. The standard InChI is InChI=1S/C23H28O6/c1-4-5-6-7-14-21(26-28-22(24)19-12-8-10-17(2)15-19)27-29-23(25)20-13-9-11-18(3)16-20/h8-13,15-16,21H,4-7,14H2,1-3H3. The highest BCUT2D eigenvalue weighted by Crippen LogP contribution is 2.14. The van der Waals surface area contributed by atoms with Gasteiger partial charge < -0.3 is 0 Å². The van der Waals surface area contributed by atoms with E-state index < -0.39 is 18.2 Å². The van der Waals surface area contributed by atoms with Crippen molar-refractivity contribution in [1.82, 2.24) is 0 Å². The second kappa shape index (κ2) is 12.0. The number of hydrogen-bond acceptors (Lipinski definition) is 6. The Morgan fingerprint density at radius 1 is 0.793 bits per heavy atom. The van der Waals surface area contributed by atoms with E-state index in [0.717, 1.165) is 36.8 Å². The molecule has 0 aliphatic heterocycles. The zero-order chi connectivity index (χ0) is 21.1. The van der Waals surface area contributed by atoms with Crippen molar-refractivity contribution in [3.8, 4) is 0 Å². The van der Waals surface area contributed by atoms with Gasteiger partial charge in [0.2, 0.25) is 6.29 Å². The van der Waals surface area contributed by atoms with Gasteiger partial charge in [-0.3, -0.25) is 9.78 Å². The molecule has 6 nitrogen and oxygen atoms in total. The molecule has 6 heteroatoms. The minimum Gasteiger partial charge on any atom is -0.290 e. The fraction of sp³-hybridized carbons (Fsp3) is 0.391. The molecule has 0 aliphatic carbocycles. The number of carbonyl (C=O) groups excluding carboxylic acids is 2. The first kappa shape index (κ1) is 22.6. The first-order valence-electron chi connectivity index (χ1n) is 9.88. The van der Waals surface area contributed by atoms with Gasteiger partial charge in [-0.15, -0.1) is 9.78 Å². The average Bonchev–Trinajstić information content (AvgIpc) is 2.72. The van der Waals surface area contributed by atoms with E-state index in [1.165, 1.54) is 0 Å². The van der Waals surface area contributed by atoms with Gasteiger partial charge in [-0.25, -0.2) is 9.59 Å². The van der Waals surface area contributed by atoms with E-state index in [-0.39, 0.29) is 0 Å². The smallest absolute Gasteiger partial charge is 0.290 e. The Kier molecular flexibility index (Phi) is 9.34. The van der Waals surface area contributed by atoms with Crippen molar-refractivity contribution in [3.05, 3.63) is 70.8 Å². The monoisotopic (exact) mass is 400 g/mol. The van der Waals surface area contributed by atoms with Gasteiger partial charge >= 0.3 is 11.9 Å². The summed E-state index contributed by atoms with van der Waals surface area (Å²) in [4.78, 5) is 44.4. The first-order chi connectivity index (χ1) is 14.0. The molecule has 0 heterocycles. The summed E-state index contributed by atoms with van der Waals surface area (Å²) in [6, 6.07) is 13.9. The SMILES string of the molecule is CCCCCCC(OOC(=O)c1cccc(C)c1)OOC(=O)c1cccc(C)c1. The number of carbonyl (C=O) groups is 2. The second-order valence-electron chi connectivity index (χ2n) is 6.95. The third-order valence-electron chi connectivity index (χ3n) is 4.26. The Morgan fingerprint density at radius 3 is 1.76 bits per heavy atom. The lowest BCUT2D eigenvalue weighted by Crippen LogP contribution is -2.22. The zero-order valence-electron chi connectivity index (χ0n) is 17.2. The summed E-state index contributed by atoms with van der Waals surface area (Å²) < 4.78 is 0. The van der Waals surface area contributed by atoms with Gasteiger partial charge in [0.15, 0.2) is 0 Å². The first-order valence-corrected chi connectivity index (χ1v) is 9.88. The Morgan fingerprint density at radius 2 is 1.31 bits per heavy atom. The number of rotatable bonds is 11. The summed E-state index contributed by atoms with van der Waals surface area (Å²) in [5.41, 5.74) is 2.59. The van der Waals surface area contributed by atoms with Gasteiger partial charge in [-0.1, -0.05) is 61.6 Å². The zero-order valence-corrected chi connectivity index (χ0v) is 17.2. The lowest BCUT2D eigenvalue weighted by atomic mass is 10.1. The molecule has 0 aliphatic rings. The van der Waals surface area contributed by atoms with Gasteiger partial charge in [0.25, 0.3) is 0 Å². The molecular weight excluding hydrogens is 372 g/mol. The maximum absolute atomic E-state index is 12.2. The van der Waals surface area contributed by atoms with Crippen molar-refractivity contribution < 1.29 is 29.1 Å². The van der Waals surface area contributed by atoms with Crippen LogP contribution < -0.4 is 0 Å². The molecule has 0 saturated carbocycles. The summed E-state index contributed by atoms with van der Waals surface area (Å²) in [6.07, 6.45) is 3.31. The van der Waals surface area contributed by atoms with Crippen LogP contribution in [0.5, 0.6) is 0 Å². The topological polar surface area (TPSA) is 71.1 Å². The minimum absolute atomic E-state index is 0.367. The van der Waals surface area contributed by atoms with Gasteiger partial charge in [0.05, 0.1) is 11.1 Å². The van der Waals surface area contributed by atoms with E-state index in [0.29, 0.717) is 17.5 Å². The van der Waals surface area contributed by atoms with E-state index in [1.807, 2.05) is 26.0 Å². The van der Waals surface area contributed by atoms with Crippen LogP contribution in [-0.4, -0.2) is 18.2 Å². The minimum atomic E-state index is -1.01. The van der Waals surface area contributed by atoms with Crippen LogP contribution >= 0.6 is 0 Å². The van der Waals surface area contributed by atoms with Crippen molar-refractivity contribution in [1.29, 1.82) is 0 Å². The third kappa shape index (κ3) is 8.05. The Bertz CT molecular complexity index is 740. The molecular formula is C23H28O6. The summed E-state index contributed by atoms with van der Waals surface area (Å²) in [5.74, 6) is -1.28. The average molecular weight is 400 g/mol. The maximum Gasteiger partial charge on any atom is 0.373 e. The predicted octanol–water partition coefficient (Wildman–Crippen LogP) is 5.48.